The average Bonchev–Trinajstić information content (AvgIpc) is 1.97. The molecule has 1 nitrogen and oxygen atoms in total. The summed E-state index contributed by atoms with van der Waals surface area (Å²) < 4.78 is 0. The molecule has 1 N–H and O–H groups in total. The topological polar surface area (TPSA) is 20.2 Å². The Morgan fingerprint density at radius 2 is 1.90 bits per heavy atom. The number of rotatable bonds is 5. The van der Waals surface area contributed by atoms with E-state index in [1.807, 2.05) is 12.2 Å². The Morgan fingerprint density at radius 1 is 1.20 bits per heavy atom. The molecule has 0 heterocycles. The third-order valence-electron chi connectivity index (χ3n) is 1.21. The SMILES string of the molecule is CCCC/C=C\C=C/CO. The molecular weight excluding hydrogens is 124 g/mol. The van der Waals surface area contributed by atoms with Crippen LogP contribution in [0.3, 0.4) is 0 Å². The number of allylic oxidation sites excluding steroid dienone is 3. The molecule has 0 atom stereocenters. The first-order chi connectivity index (χ1) is 4.91. The minimum absolute atomic E-state index is 0.137. The summed E-state index contributed by atoms with van der Waals surface area (Å²) in [4.78, 5) is 0. The maximum Gasteiger partial charge on any atom is 0.0615 e. The van der Waals surface area contributed by atoms with Crippen LogP contribution < -0.4 is 0 Å². The zero-order chi connectivity index (χ0) is 7.66. The summed E-state index contributed by atoms with van der Waals surface area (Å²) in [7, 11) is 0. The quantitative estimate of drug-likeness (QED) is 0.459. The van der Waals surface area contributed by atoms with Gasteiger partial charge in [-0.2, -0.15) is 0 Å². The first-order valence-electron chi connectivity index (χ1n) is 3.84. The molecule has 0 saturated heterocycles. The van der Waals surface area contributed by atoms with Crippen LogP contribution in [0.4, 0.5) is 0 Å². The van der Waals surface area contributed by atoms with Crippen LogP contribution in [0.15, 0.2) is 24.3 Å². The molecule has 0 radical (unpaired) electrons. The molecule has 0 amide bonds. The lowest BCUT2D eigenvalue weighted by Gasteiger charge is -1.85. The van der Waals surface area contributed by atoms with E-state index < -0.39 is 0 Å². The molecule has 0 aromatic carbocycles. The van der Waals surface area contributed by atoms with Gasteiger partial charge in [-0.05, 0) is 6.42 Å². The zero-order valence-electron chi connectivity index (χ0n) is 6.59. The predicted molar refractivity (Wildman–Crippen MR) is 44.9 cm³/mol. The van der Waals surface area contributed by atoms with Crippen molar-refractivity contribution in [2.24, 2.45) is 0 Å². The molecule has 0 bridgehead atoms. The molecule has 0 aromatic rings. The molecule has 58 valence electrons. The van der Waals surface area contributed by atoms with Gasteiger partial charge in [-0.3, -0.25) is 0 Å². The van der Waals surface area contributed by atoms with E-state index in [2.05, 4.69) is 13.0 Å². The monoisotopic (exact) mass is 140 g/mol. The molecule has 0 unspecified atom stereocenters. The van der Waals surface area contributed by atoms with Crippen LogP contribution in [-0.2, 0) is 0 Å². The fourth-order valence-electron chi connectivity index (χ4n) is 0.636. The highest BCUT2D eigenvalue weighted by Crippen LogP contribution is 1.94. The highest BCUT2D eigenvalue weighted by atomic mass is 16.2. The van der Waals surface area contributed by atoms with Gasteiger partial charge in [-0.15, -0.1) is 0 Å². The minimum atomic E-state index is 0.137. The molecule has 0 aromatic heterocycles. The molecule has 0 spiro atoms. The Kier molecular flexibility index (Phi) is 7.97. The van der Waals surface area contributed by atoms with E-state index in [0.717, 1.165) is 6.42 Å². The minimum Gasteiger partial charge on any atom is -0.392 e. The van der Waals surface area contributed by atoms with Crippen molar-refractivity contribution in [3.63, 3.8) is 0 Å². The second kappa shape index (κ2) is 8.44. The first-order valence-corrected chi connectivity index (χ1v) is 3.84. The third-order valence-corrected chi connectivity index (χ3v) is 1.21. The Labute approximate surface area is 63.1 Å². The standard InChI is InChI=1S/C9H16O/c1-2-3-4-5-6-7-8-9-10/h5-8,10H,2-4,9H2,1H3/b6-5-,8-7-. The molecule has 1 heteroatoms. The molecule has 0 aliphatic heterocycles. The van der Waals surface area contributed by atoms with Gasteiger partial charge in [0.25, 0.3) is 0 Å². The van der Waals surface area contributed by atoms with Gasteiger partial charge >= 0.3 is 0 Å². The molecule has 10 heavy (non-hydrogen) atoms. The number of hydrogen-bond donors (Lipinski definition) is 1. The zero-order valence-corrected chi connectivity index (χ0v) is 6.59. The van der Waals surface area contributed by atoms with E-state index in [4.69, 9.17) is 5.11 Å². The van der Waals surface area contributed by atoms with Crippen LogP contribution in [0.25, 0.3) is 0 Å². The van der Waals surface area contributed by atoms with Gasteiger partial charge in [0.1, 0.15) is 0 Å². The van der Waals surface area contributed by atoms with Crippen molar-refractivity contribution in [1.29, 1.82) is 0 Å². The Balaban J connectivity index is 3.11. The van der Waals surface area contributed by atoms with Crippen molar-refractivity contribution < 1.29 is 5.11 Å². The van der Waals surface area contributed by atoms with Crippen LogP contribution in [0.1, 0.15) is 26.2 Å². The van der Waals surface area contributed by atoms with Crippen LogP contribution in [0.5, 0.6) is 0 Å². The third kappa shape index (κ3) is 7.44. The highest BCUT2D eigenvalue weighted by Gasteiger charge is 1.74. The lowest BCUT2D eigenvalue weighted by atomic mass is 10.2. The van der Waals surface area contributed by atoms with Crippen molar-refractivity contribution in [1.82, 2.24) is 0 Å². The summed E-state index contributed by atoms with van der Waals surface area (Å²) in [5.41, 5.74) is 0. The van der Waals surface area contributed by atoms with Gasteiger partial charge < -0.3 is 5.11 Å². The van der Waals surface area contributed by atoms with E-state index in [9.17, 15) is 0 Å². The highest BCUT2D eigenvalue weighted by molar-refractivity contribution is 5.01. The number of unbranched alkanes of at least 4 members (excludes halogenated alkanes) is 2. The Bertz CT molecular complexity index is 103. The second-order valence-electron chi connectivity index (χ2n) is 2.18. The van der Waals surface area contributed by atoms with Gasteiger partial charge in [0.05, 0.1) is 6.61 Å². The molecule has 0 rings (SSSR count). The Morgan fingerprint density at radius 3 is 2.50 bits per heavy atom. The first kappa shape index (κ1) is 9.44. The van der Waals surface area contributed by atoms with Gasteiger partial charge in [-0.25, -0.2) is 0 Å². The summed E-state index contributed by atoms with van der Waals surface area (Å²) in [6.45, 7) is 2.31. The van der Waals surface area contributed by atoms with Crippen molar-refractivity contribution in [2.75, 3.05) is 6.61 Å². The molecule has 0 aliphatic carbocycles. The average molecular weight is 140 g/mol. The van der Waals surface area contributed by atoms with Crippen molar-refractivity contribution >= 4 is 0 Å². The molecule has 0 saturated carbocycles. The van der Waals surface area contributed by atoms with Crippen molar-refractivity contribution in [3.05, 3.63) is 24.3 Å². The summed E-state index contributed by atoms with van der Waals surface area (Å²) in [6, 6.07) is 0. The fraction of sp³-hybridized carbons (Fsp3) is 0.556. The summed E-state index contributed by atoms with van der Waals surface area (Å²) in [5, 5.41) is 8.35. The maximum atomic E-state index is 8.35. The van der Waals surface area contributed by atoms with Crippen LogP contribution in [0, 0.1) is 0 Å². The van der Waals surface area contributed by atoms with Gasteiger partial charge in [-0.1, -0.05) is 44.1 Å². The van der Waals surface area contributed by atoms with Crippen molar-refractivity contribution in [2.45, 2.75) is 26.2 Å². The maximum absolute atomic E-state index is 8.35. The normalized spacial score (nSPS) is 11.8. The van der Waals surface area contributed by atoms with Gasteiger partial charge in [0.2, 0.25) is 0 Å². The van der Waals surface area contributed by atoms with E-state index in [1.165, 1.54) is 12.8 Å². The predicted octanol–water partition coefficient (Wildman–Crippen LogP) is 2.28. The van der Waals surface area contributed by atoms with E-state index in [-0.39, 0.29) is 6.61 Å². The lowest BCUT2D eigenvalue weighted by Crippen LogP contribution is -1.68. The van der Waals surface area contributed by atoms with Crippen molar-refractivity contribution in [3.8, 4) is 0 Å². The van der Waals surface area contributed by atoms with E-state index >= 15 is 0 Å². The number of aliphatic hydroxyl groups excluding tert-OH is 1. The van der Waals surface area contributed by atoms with Crippen LogP contribution >= 0.6 is 0 Å². The van der Waals surface area contributed by atoms with Crippen LogP contribution in [-0.4, -0.2) is 11.7 Å². The lowest BCUT2D eigenvalue weighted by molar-refractivity contribution is 0.343. The van der Waals surface area contributed by atoms with Crippen LogP contribution in [0.2, 0.25) is 0 Å². The van der Waals surface area contributed by atoms with Gasteiger partial charge in [0, 0.05) is 0 Å². The fourth-order valence-corrected chi connectivity index (χ4v) is 0.636. The number of aliphatic hydroxyl groups is 1. The second-order valence-corrected chi connectivity index (χ2v) is 2.18. The summed E-state index contributed by atoms with van der Waals surface area (Å²) in [6.07, 6.45) is 11.3. The summed E-state index contributed by atoms with van der Waals surface area (Å²) in [5.74, 6) is 0. The van der Waals surface area contributed by atoms with Gasteiger partial charge in [0.15, 0.2) is 0 Å². The van der Waals surface area contributed by atoms with E-state index in [0.29, 0.717) is 0 Å². The molecule has 0 fully saturated rings. The Hall–Kier alpha value is -0.560. The van der Waals surface area contributed by atoms with E-state index in [1.54, 1.807) is 6.08 Å². The molecular formula is C9H16O. The number of hydrogen-bond acceptors (Lipinski definition) is 1. The summed E-state index contributed by atoms with van der Waals surface area (Å²) >= 11 is 0. The largest absolute Gasteiger partial charge is 0.392 e. The molecule has 0 aliphatic rings. The smallest absolute Gasteiger partial charge is 0.0615 e.